The van der Waals surface area contributed by atoms with Gasteiger partial charge in [-0.15, -0.1) is 0 Å². The average Bonchev–Trinajstić information content (AvgIpc) is 3.30. The number of aromatic amines is 1. The van der Waals surface area contributed by atoms with Gasteiger partial charge in [-0.05, 0) is 23.6 Å². The molecule has 1 heterocycles. The third kappa shape index (κ3) is 7.89. The van der Waals surface area contributed by atoms with Crippen molar-refractivity contribution >= 4 is 23.7 Å². The zero-order valence-corrected chi connectivity index (χ0v) is 18.9. The van der Waals surface area contributed by atoms with Crippen LogP contribution in [0.4, 0.5) is 0 Å². The maximum Gasteiger partial charge on any atom is 0.326 e. The number of rotatable bonds is 12. The van der Waals surface area contributed by atoms with Crippen molar-refractivity contribution in [3.63, 3.8) is 0 Å². The van der Waals surface area contributed by atoms with Crippen LogP contribution in [0.5, 0.6) is 5.75 Å². The highest BCUT2D eigenvalue weighted by atomic mass is 16.4. The van der Waals surface area contributed by atoms with E-state index in [9.17, 15) is 29.4 Å². The second-order valence-electron chi connectivity index (χ2n) is 8.11. The van der Waals surface area contributed by atoms with E-state index in [0.29, 0.717) is 11.3 Å². The van der Waals surface area contributed by atoms with E-state index in [-0.39, 0.29) is 31.1 Å². The number of hydrogen-bond donors (Lipinski definition) is 7. The molecule has 0 radical (unpaired) electrons. The van der Waals surface area contributed by atoms with Gasteiger partial charge in [-0.2, -0.15) is 0 Å². The number of aromatic nitrogens is 2. The molecule has 0 bridgehead atoms. The first kappa shape index (κ1) is 26.3. The number of aromatic hydroxyl groups is 1. The van der Waals surface area contributed by atoms with E-state index in [1.807, 2.05) is 0 Å². The van der Waals surface area contributed by atoms with E-state index < -0.39 is 41.8 Å². The number of carbonyl (C=O) groups excluding carboxylic acids is 3. The topological polar surface area (TPSA) is 200 Å². The van der Waals surface area contributed by atoms with Crippen molar-refractivity contribution in [3.05, 3.63) is 48.0 Å². The van der Waals surface area contributed by atoms with Gasteiger partial charge >= 0.3 is 5.97 Å². The lowest BCUT2D eigenvalue weighted by Gasteiger charge is -2.26. The van der Waals surface area contributed by atoms with Crippen molar-refractivity contribution in [1.29, 1.82) is 0 Å². The third-order valence-corrected chi connectivity index (χ3v) is 5.05. The Labute approximate surface area is 196 Å². The molecule has 0 spiro atoms. The van der Waals surface area contributed by atoms with Gasteiger partial charge < -0.3 is 36.9 Å². The smallest absolute Gasteiger partial charge is 0.326 e. The highest BCUT2D eigenvalue weighted by Crippen LogP contribution is 2.12. The molecular weight excluding hydrogens is 444 g/mol. The zero-order valence-electron chi connectivity index (χ0n) is 18.9. The van der Waals surface area contributed by atoms with Crippen LogP contribution >= 0.6 is 0 Å². The molecule has 0 aliphatic heterocycles. The number of aliphatic carboxylic acids is 1. The molecule has 184 valence electrons. The standard InChI is InChI=1S/C22H30N6O6/c1-12(2)19(21(32)27-17(22(33)34)8-14-10-24-11-25-14)28-20(31)16(26-18(30)9-23)7-13-3-5-15(29)6-4-13/h3-6,10-12,16-17,19,29H,7-9,23H2,1-2H3,(H,24,25)(H,26,30)(H,27,32)(H,28,31)(H,33,34). The largest absolute Gasteiger partial charge is 0.508 e. The molecule has 8 N–H and O–H groups in total. The van der Waals surface area contributed by atoms with Crippen molar-refractivity contribution in [1.82, 2.24) is 25.9 Å². The molecule has 12 nitrogen and oxygen atoms in total. The Morgan fingerprint density at radius 3 is 2.21 bits per heavy atom. The fourth-order valence-corrected chi connectivity index (χ4v) is 3.20. The molecule has 3 unspecified atom stereocenters. The zero-order chi connectivity index (χ0) is 25.3. The fraction of sp³-hybridized carbons (Fsp3) is 0.409. The predicted molar refractivity (Wildman–Crippen MR) is 121 cm³/mol. The third-order valence-electron chi connectivity index (χ3n) is 5.05. The van der Waals surface area contributed by atoms with Crippen molar-refractivity contribution < 1.29 is 29.4 Å². The highest BCUT2D eigenvalue weighted by molar-refractivity contribution is 5.93. The molecule has 34 heavy (non-hydrogen) atoms. The lowest BCUT2D eigenvalue weighted by Crippen LogP contribution is -2.58. The molecule has 0 saturated carbocycles. The monoisotopic (exact) mass is 474 g/mol. The number of benzene rings is 1. The van der Waals surface area contributed by atoms with Gasteiger partial charge in [0.2, 0.25) is 17.7 Å². The Hall–Kier alpha value is -3.93. The molecule has 2 aromatic rings. The van der Waals surface area contributed by atoms with Crippen molar-refractivity contribution in [2.45, 2.75) is 44.8 Å². The van der Waals surface area contributed by atoms with E-state index >= 15 is 0 Å². The molecule has 1 aromatic carbocycles. The molecule has 3 atom stereocenters. The van der Waals surface area contributed by atoms with Gasteiger partial charge in [0.25, 0.3) is 0 Å². The Morgan fingerprint density at radius 1 is 1.00 bits per heavy atom. The Morgan fingerprint density at radius 2 is 1.68 bits per heavy atom. The normalized spacial score (nSPS) is 13.5. The highest BCUT2D eigenvalue weighted by Gasteiger charge is 2.31. The average molecular weight is 475 g/mol. The molecule has 3 amide bonds. The fourth-order valence-electron chi connectivity index (χ4n) is 3.20. The van der Waals surface area contributed by atoms with Gasteiger partial charge in [-0.25, -0.2) is 9.78 Å². The number of carboxylic acids is 1. The molecule has 0 aliphatic rings. The lowest BCUT2D eigenvalue weighted by atomic mass is 10.00. The number of hydrogen-bond acceptors (Lipinski definition) is 7. The first-order chi connectivity index (χ1) is 16.1. The van der Waals surface area contributed by atoms with E-state index in [0.717, 1.165) is 0 Å². The van der Waals surface area contributed by atoms with Crippen molar-refractivity contribution in [2.24, 2.45) is 11.7 Å². The summed E-state index contributed by atoms with van der Waals surface area (Å²) in [4.78, 5) is 56.1. The number of nitrogens with one attached hydrogen (secondary N) is 4. The molecule has 0 fully saturated rings. The summed E-state index contributed by atoms with van der Waals surface area (Å²) in [5.41, 5.74) is 6.55. The summed E-state index contributed by atoms with van der Waals surface area (Å²) in [5, 5.41) is 26.6. The summed E-state index contributed by atoms with van der Waals surface area (Å²) in [5.74, 6) is -3.44. The summed E-state index contributed by atoms with van der Waals surface area (Å²) in [6.45, 7) is 3.06. The number of phenols is 1. The lowest BCUT2D eigenvalue weighted by molar-refractivity contribution is -0.142. The summed E-state index contributed by atoms with van der Waals surface area (Å²) in [7, 11) is 0. The first-order valence-corrected chi connectivity index (χ1v) is 10.7. The summed E-state index contributed by atoms with van der Waals surface area (Å²) in [6.07, 6.45) is 2.92. The van der Waals surface area contributed by atoms with E-state index in [1.165, 1.54) is 24.7 Å². The van der Waals surface area contributed by atoms with Gasteiger partial charge in [0.1, 0.15) is 23.9 Å². The van der Waals surface area contributed by atoms with E-state index in [1.54, 1.807) is 26.0 Å². The molecule has 12 heteroatoms. The molecule has 1 aromatic heterocycles. The second-order valence-corrected chi connectivity index (χ2v) is 8.11. The van der Waals surface area contributed by atoms with Crippen LogP contribution < -0.4 is 21.7 Å². The number of carboxylic acid groups (broad SMARTS) is 1. The maximum absolute atomic E-state index is 13.0. The van der Waals surface area contributed by atoms with Crippen LogP contribution in [0.15, 0.2) is 36.8 Å². The summed E-state index contributed by atoms with van der Waals surface area (Å²) >= 11 is 0. The Kier molecular flexibility index (Phi) is 9.56. The van der Waals surface area contributed by atoms with Crippen LogP contribution in [0.3, 0.4) is 0 Å². The number of imidazole rings is 1. The van der Waals surface area contributed by atoms with E-state index in [2.05, 4.69) is 25.9 Å². The minimum absolute atomic E-state index is 0.0180. The number of carbonyl (C=O) groups is 4. The molecule has 0 saturated heterocycles. The van der Waals surface area contributed by atoms with Gasteiger partial charge in [0.15, 0.2) is 0 Å². The number of H-pyrrole nitrogens is 1. The van der Waals surface area contributed by atoms with Crippen LogP contribution in [0, 0.1) is 5.92 Å². The Balaban J connectivity index is 2.14. The molecule has 0 aliphatic carbocycles. The number of nitrogens with two attached hydrogens (primary N) is 1. The summed E-state index contributed by atoms with van der Waals surface area (Å²) in [6, 6.07) is 2.75. The van der Waals surface area contributed by atoms with Gasteiger partial charge in [0, 0.05) is 24.7 Å². The van der Waals surface area contributed by atoms with Crippen LogP contribution in [-0.2, 0) is 32.0 Å². The number of phenolic OH excluding ortho intramolecular Hbond substituents is 1. The Bertz CT molecular complexity index is 976. The first-order valence-electron chi connectivity index (χ1n) is 10.7. The van der Waals surface area contributed by atoms with Crippen molar-refractivity contribution in [3.8, 4) is 5.75 Å². The second kappa shape index (κ2) is 12.3. The quantitative estimate of drug-likeness (QED) is 0.204. The van der Waals surface area contributed by atoms with Gasteiger partial charge in [-0.3, -0.25) is 14.4 Å². The maximum atomic E-state index is 13.0. The van der Waals surface area contributed by atoms with Crippen LogP contribution in [0.1, 0.15) is 25.1 Å². The van der Waals surface area contributed by atoms with E-state index in [4.69, 9.17) is 5.73 Å². The van der Waals surface area contributed by atoms with Gasteiger partial charge in [0.05, 0.1) is 12.9 Å². The van der Waals surface area contributed by atoms with Gasteiger partial charge in [-0.1, -0.05) is 26.0 Å². The van der Waals surface area contributed by atoms with Crippen LogP contribution in [0.25, 0.3) is 0 Å². The van der Waals surface area contributed by atoms with Crippen LogP contribution in [0.2, 0.25) is 0 Å². The molecule has 2 rings (SSSR count). The minimum atomic E-state index is -1.24. The SMILES string of the molecule is CC(C)C(NC(=O)C(Cc1ccc(O)cc1)NC(=O)CN)C(=O)NC(Cc1cnc[nH]1)C(=O)O. The minimum Gasteiger partial charge on any atom is -0.508 e. The van der Waals surface area contributed by atoms with Crippen LogP contribution in [-0.4, -0.2) is 68.5 Å². The summed E-state index contributed by atoms with van der Waals surface area (Å²) < 4.78 is 0. The number of nitrogens with zero attached hydrogens (tertiary/aromatic N) is 1. The molecular formula is C22H30N6O6. The predicted octanol–water partition coefficient (Wildman–Crippen LogP) is -0.946. The number of amides is 3. The van der Waals surface area contributed by atoms with Crippen molar-refractivity contribution in [2.75, 3.05) is 6.54 Å².